The summed E-state index contributed by atoms with van der Waals surface area (Å²) in [6, 6.07) is 79.9. The van der Waals surface area contributed by atoms with Crippen LogP contribution in [0.4, 0.5) is 17.1 Å². The average molecular weight is 780 g/mol. The van der Waals surface area contributed by atoms with Crippen molar-refractivity contribution in [1.82, 2.24) is 0 Å². The highest BCUT2D eigenvalue weighted by Crippen LogP contribution is 2.44. The summed E-state index contributed by atoms with van der Waals surface area (Å²) in [4.78, 5) is 2.31. The number of hydrogen-bond donors (Lipinski definition) is 0. The van der Waals surface area contributed by atoms with Crippen LogP contribution < -0.4 is 4.90 Å². The lowest BCUT2D eigenvalue weighted by Gasteiger charge is -2.26. The molecule has 0 spiro atoms. The number of para-hydroxylation sites is 3. The molecule has 0 saturated carbocycles. The summed E-state index contributed by atoms with van der Waals surface area (Å²) in [5.74, 6) is 0. The molecular formula is C58H37NO2. The van der Waals surface area contributed by atoms with E-state index in [1.807, 2.05) is 30.3 Å². The van der Waals surface area contributed by atoms with Gasteiger partial charge in [-0.1, -0.05) is 158 Å². The largest absolute Gasteiger partial charge is 0.456 e. The molecule has 0 fully saturated rings. The minimum absolute atomic E-state index is 0.852. The van der Waals surface area contributed by atoms with Crippen LogP contribution in [0, 0.1) is 0 Å². The van der Waals surface area contributed by atoms with Gasteiger partial charge in [0.15, 0.2) is 5.58 Å². The zero-order valence-electron chi connectivity index (χ0n) is 33.1. The first-order valence-corrected chi connectivity index (χ1v) is 20.7. The van der Waals surface area contributed by atoms with Crippen LogP contribution in [0.2, 0.25) is 0 Å². The third-order valence-corrected chi connectivity index (χ3v) is 12.1. The maximum absolute atomic E-state index is 6.63. The molecule has 0 unspecified atom stereocenters. The smallest absolute Gasteiger partial charge is 0.159 e. The number of rotatable bonds is 7. The van der Waals surface area contributed by atoms with E-state index in [0.29, 0.717) is 0 Å². The van der Waals surface area contributed by atoms with E-state index in [0.717, 1.165) is 83.2 Å². The van der Waals surface area contributed by atoms with Crippen molar-refractivity contribution in [3.63, 3.8) is 0 Å². The van der Waals surface area contributed by atoms with Gasteiger partial charge in [0.1, 0.15) is 16.7 Å². The van der Waals surface area contributed by atoms with E-state index in [1.165, 1.54) is 33.0 Å². The molecule has 0 bridgehead atoms. The van der Waals surface area contributed by atoms with Gasteiger partial charge in [0.05, 0.1) is 5.69 Å². The zero-order valence-corrected chi connectivity index (χ0v) is 33.1. The van der Waals surface area contributed by atoms with Crippen molar-refractivity contribution in [3.05, 3.63) is 224 Å². The van der Waals surface area contributed by atoms with Crippen molar-refractivity contribution < 1.29 is 8.83 Å². The van der Waals surface area contributed by atoms with Crippen LogP contribution in [0.5, 0.6) is 0 Å². The quantitative estimate of drug-likeness (QED) is 0.161. The number of fused-ring (bicyclic) bond motifs is 7. The minimum atomic E-state index is 0.852. The molecular weight excluding hydrogens is 743 g/mol. The van der Waals surface area contributed by atoms with Crippen molar-refractivity contribution in [2.24, 2.45) is 0 Å². The van der Waals surface area contributed by atoms with Gasteiger partial charge < -0.3 is 13.7 Å². The number of benzene rings is 10. The predicted octanol–water partition coefficient (Wildman–Crippen LogP) is 16.8. The van der Waals surface area contributed by atoms with E-state index in [4.69, 9.17) is 8.83 Å². The SMILES string of the molecule is c1cc(-c2ccc(N(c3ccc(-c4cccc5oc6ccccc6c45)cc3)c3cccc4c3oc3ccccc34)cc2)cc(-c2cccc(-c3ccc4ccccc4c3)c2)c1. The van der Waals surface area contributed by atoms with Gasteiger partial charge >= 0.3 is 0 Å². The van der Waals surface area contributed by atoms with Gasteiger partial charge in [0.2, 0.25) is 0 Å². The second-order valence-electron chi connectivity index (χ2n) is 15.7. The Kier molecular flexibility index (Phi) is 8.17. The van der Waals surface area contributed by atoms with E-state index >= 15 is 0 Å². The van der Waals surface area contributed by atoms with E-state index < -0.39 is 0 Å². The highest BCUT2D eigenvalue weighted by Gasteiger charge is 2.20. The molecule has 61 heavy (non-hydrogen) atoms. The Labute approximate surface area is 353 Å². The zero-order chi connectivity index (χ0) is 40.3. The van der Waals surface area contributed by atoms with Crippen molar-refractivity contribution in [2.75, 3.05) is 4.90 Å². The average Bonchev–Trinajstić information content (AvgIpc) is 3.91. The first kappa shape index (κ1) is 34.9. The maximum Gasteiger partial charge on any atom is 0.159 e. The highest BCUT2D eigenvalue weighted by molar-refractivity contribution is 6.13. The van der Waals surface area contributed by atoms with E-state index in [9.17, 15) is 0 Å². The molecule has 0 radical (unpaired) electrons. The molecule has 2 aromatic heterocycles. The van der Waals surface area contributed by atoms with Gasteiger partial charge in [-0.3, -0.25) is 0 Å². The van der Waals surface area contributed by atoms with E-state index in [2.05, 4.69) is 199 Å². The lowest BCUT2D eigenvalue weighted by molar-refractivity contribution is 0.668. The Hall–Kier alpha value is -8.14. The van der Waals surface area contributed by atoms with Crippen LogP contribution in [0.3, 0.4) is 0 Å². The lowest BCUT2D eigenvalue weighted by atomic mass is 9.95. The molecule has 10 aromatic carbocycles. The molecule has 3 nitrogen and oxygen atoms in total. The summed E-state index contributed by atoms with van der Waals surface area (Å²) in [5.41, 5.74) is 15.9. The van der Waals surface area contributed by atoms with Crippen LogP contribution in [0.1, 0.15) is 0 Å². The standard InChI is InChI=1S/C58H37NO2/c1-2-12-41-36-46(26-25-38(41)11-1)45-16-8-15-44(37-45)43-14-7-13-42(35-43)39-27-31-47(32-28-39)59(53-21-9-20-51-50-17-3-5-22-54(50)61-58(51)53)48-33-29-40(30-34-48)49-19-10-24-56-57(49)52-18-4-6-23-55(52)60-56/h1-37H. The molecule has 0 aliphatic heterocycles. The summed E-state index contributed by atoms with van der Waals surface area (Å²) in [7, 11) is 0. The van der Waals surface area contributed by atoms with Crippen LogP contribution in [-0.2, 0) is 0 Å². The van der Waals surface area contributed by atoms with Crippen molar-refractivity contribution in [2.45, 2.75) is 0 Å². The van der Waals surface area contributed by atoms with Crippen molar-refractivity contribution >= 4 is 71.7 Å². The Balaban J connectivity index is 0.923. The Bertz CT molecular complexity index is 3590. The summed E-state index contributed by atoms with van der Waals surface area (Å²) in [6.07, 6.45) is 0. The molecule has 2 heterocycles. The molecule has 0 aliphatic carbocycles. The highest BCUT2D eigenvalue weighted by atomic mass is 16.3. The first-order chi connectivity index (χ1) is 30.2. The third kappa shape index (κ3) is 6.06. The van der Waals surface area contributed by atoms with Crippen molar-refractivity contribution in [1.29, 1.82) is 0 Å². The Morgan fingerprint density at radius 3 is 1.52 bits per heavy atom. The second kappa shape index (κ2) is 14.3. The van der Waals surface area contributed by atoms with Crippen LogP contribution in [-0.4, -0.2) is 0 Å². The Morgan fingerprint density at radius 1 is 0.295 bits per heavy atom. The molecule has 12 aromatic rings. The normalized spacial score (nSPS) is 11.6. The molecule has 0 N–H and O–H groups in total. The first-order valence-electron chi connectivity index (χ1n) is 20.7. The topological polar surface area (TPSA) is 29.5 Å². The number of furan rings is 2. The van der Waals surface area contributed by atoms with Gasteiger partial charge in [-0.2, -0.15) is 0 Å². The van der Waals surface area contributed by atoms with E-state index in [1.54, 1.807) is 0 Å². The molecule has 0 amide bonds. The molecule has 286 valence electrons. The van der Waals surface area contributed by atoms with Crippen LogP contribution in [0.25, 0.3) is 99.2 Å². The predicted molar refractivity (Wildman–Crippen MR) is 255 cm³/mol. The fraction of sp³-hybridized carbons (Fsp3) is 0. The van der Waals surface area contributed by atoms with Crippen LogP contribution in [0.15, 0.2) is 233 Å². The van der Waals surface area contributed by atoms with Gasteiger partial charge in [-0.25, -0.2) is 0 Å². The molecule has 0 saturated heterocycles. The number of anilines is 3. The fourth-order valence-electron chi connectivity index (χ4n) is 9.07. The summed E-state index contributed by atoms with van der Waals surface area (Å²) < 4.78 is 12.9. The lowest BCUT2D eigenvalue weighted by Crippen LogP contribution is -2.10. The molecule has 0 atom stereocenters. The molecule has 3 heteroatoms. The molecule has 0 aliphatic rings. The monoisotopic (exact) mass is 779 g/mol. The minimum Gasteiger partial charge on any atom is -0.456 e. The number of nitrogens with zero attached hydrogens (tertiary/aromatic N) is 1. The second-order valence-corrected chi connectivity index (χ2v) is 15.7. The summed E-state index contributed by atoms with van der Waals surface area (Å²) in [6.45, 7) is 0. The van der Waals surface area contributed by atoms with Crippen LogP contribution >= 0.6 is 0 Å². The molecule has 12 rings (SSSR count). The Morgan fingerprint density at radius 2 is 0.803 bits per heavy atom. The van der Waals surface area contributed by atoms with E-state index in [-0.39, 0.29) is 0 Å². The van der Waals surface area contributed by atoms with Gasteiger partial charge in [-0.15, -0.1) is 0 Å². The summed E-state index contributed by atoms with van der Waals surface area (Å²) in [5, 5.41) is 6.95. The van der Waals surface area contributed by atoms with Gasteiger partial charge in [0.25, 0.3) is 0 Å². The summed E-state index contributed by atoms with van der Waals surface area (Å²) >= 11 is 0. The van der Waals surface area contributed by atoms with Gasteiger partial charge in [-0.05, 0) is 122 Å². The van der Waals surface area contributed by atoms with Crippen molar-refractivity contribution in [3.8, 4) is 44.5 Å². The van der Waals surface area contributed by atoms with Gasteiger partial charge in [0, 0.05) is 32.9 Å². The fourth-order valence-corrected chi connectivity index (χ4v) is 9.07. The maximum atomic E-state index is 6.63. The number of hydrogen-bond acceptors (Lipinski definition) is 3. The third-order valence-electron chi connectivity index (χ3n) is 12.1.